The van der Waals surface area contributed by atoms with Crippen molar-refractivity contribution in [2.24, 2.45) is 11.5 Å². The van der Waals surface area contributed by atoms with E-state index in [0.717, 1.165) is 24.8 Å². The second kappa shape index (κ2) is 47.8. The van der Waals surface area contributed by atoms with E-state index in [0.29, 0.717) is 32.2 Å². The molecule has 0 fully saturated rings. The number of carbonyl (C=O) groups excluding carboxylic acids is 7. The fraction of sp³-hybridized carbons (Fsp3) is 0.754. The van der Waals surface area contributed by atoms with Crippen LogP contribution in [0.2, 0.25) is 0 Å². The van der Waals surface area contributed by atoms with E-state index in [1.54, 1.807) is 13.8 Å². The Morgan fingerprint density at radius 2 is 1.05 bits per heavy atom. The molecule has 5 amide bonds. The summed E-state index contributed by atoms with van der Waals surface area (Å²) in [5.41, 5.74) is 11.3. The van der Waals surface area contributed by atoms with Gasteiger partial charge < -0.3 is 66.8 Å². The first kappa shape index (κ1) is 72.1. The van der Waals surface area contributed by atoms with Gasteiger partial charge in [-0.15, -0.1) is 0 Å². The van der Waals surface area contributed by atoms with Gasteiger partial charge in [-0.25, -0.2) is 4.79 Å². The van der Waals surface area contributed by atoms with Gasteiger partial charge in [-0.05, 0) is 51.5 Å². The molecule has 11 N–H and O–H groups in total. The first-order chi connectivity index (χ1) is 38.0. The molecular weight excluding hydrogens is 1020 g/mol. The number of hydrogen-bond donors (Lipinski definition) is 9. The summed E-state index contributed by atoms with van der Waals surface area (Å²) in [6.07, 6.45) is 19.9. The topological polar surface area (TPSA) is 327 Å². The molecule has 0 aliphatic carbocycles. The van der Waals surface area contributed by atoms with Crippen LogP contribution >= 0.6 is 0 Å². The first-order valence-electron chi connectivity index (χ1n) is 28.9. The lowest BCUT2D eigenvalue weighted by Gasteiger charge is -2.22. The van der Waals surface area contributed by atoms with E-state index in [2.05, 4.69) is 38.8 Å². The van der Waals surface area contributed by atoms with Gasteiger partial charge in [-0.3, -0.25) is 38.9 Å². The molecule has 3 atom stereocenters. The van der Waals surface area contributed by atoms with Crippen molar-refractivity contribution in [1.29, 1.82) is 0 Å². The number of carboxylic acids is 1. The van der Waals surface area contributed by atoms with Crippen LogP contribution in [0, 0.1) is 0 Å². The van der Waals surface area contributed by atoms with E-state index >= 15 is 0 Å². The number of hydrogen-bond acceptors (Lipinski definition) is 16. The second-order valence-electron chi connectivity index (χ2n) is 20.5. The van der Waals surface area contributed by atoms with Crippen molar-refractivity contribution in [3.63, 3.8) is 0 Å². The van der Waals surface area contributed by atoms with E-state index in [1.165, 1.54) is 70.6 Å². The molecular formula is C57H102N8O14. The van der Waals surface area contributed by atoms with Gasteiger partial charge in [-0.1, -0.05) is 127 Å². The van der Waals surface area contributed by atoms with Crippen LogP contribution in [0.15, 0.2) is 30.3 Å². The Hall–Kier alpha value is -4.94. The minimum Gasteiger partial charge on any atom is -0.480 e. The molecule has 0 heterocycles. The van der Waals surface area contributed by atoms with Gasteiger partial charge in [0.1, 0.15) is 25.3 Å². The third-order valence-corrected chi connectivity index (χ3v) is 12.8. The Labute approximate surface area is 471 Å². The van der Waals surface area contributed by atoms with E-state index in [1.807, 2.05) is 30.3 Å². The van der Waals surface area contributed by atoms with Gasteiger partial charge in [-0.2, -0.15) is 0 Å². The average molecular weight is 1120 g/mol. The second-order valence-corrected chi connectivity index (χ2v) is 20.5. The monoisotopic (exact) mass is 1120 g/mol. The minimum absolute atomic E-state index is 0. The maximum absolute atomic E-state index is 13.3. The maximum atomic E-state index is 13.3. The molecule has 22 nitrogen and oxygen atoms in total. The number of ether oxygens (including phenoxy) is 5. The SMILES string of the molecule is CCCCCCCCCCCCCCCCCC(=O)N[C@@H](CCC(=O)NCCOCCOCC(=O)NCCOCCOCC(=O)NCCCC[C@H](NCC(=O)C(C)(C)N)C(=O)CN[C@@H](COCc1ccccc1)C(N)=O)C(=O)O.[HH]. The summed E-state index contributed by atoms with van der Waals surface area (Å²) in [7, 11) is 0. The first-order valence-corrected chi connectivity index (χ1v) is 28.9. The van der Waals surface area contributed by atoms with Crippen molar-refractivity contribution in [2.75, 3.05) is 92.2 Å². The summed E-state index contributed by atoms with van der Waals surface area (Å²) in [6.45, 7) is 6.77. The van der Waals surface area contributed by atoms with Crippen LogP contribution in [0.5, 0.6) is 0 Å². The molecule has 0 bridgehead atoms. The van der Waals surface area contributed by atoms with Crippen molar-refractivity contribution in [2.45, 2.75) is 186 Å². The number of aliphatic carboxylic acids is 1. The van der Waals surface area contributed by atoms with E-state index < -0.39 is 35.5 Å². The molecule has 0 aliphatic rings. The summed E-state index contributed by atoms with van der Waals surface area (Å²) in [4.78, 5) is 98.6. The van der Waals surface area contributed by atoms with Gasteiger partial charge in [0.2, 0.25) is 29.5 Å². The van der Waals surface area contributed by atoms with Gasteiger partial charge in [0.25, 0.3) is 0 Å². The van der Waals surface area contributed by atoms with Crippen molar-refractivity contribution >= 4 is 47.1 Å². The van der Waals surface area contributed by atoms with Crippen LogP contribution in [-0.2, 0) is 68.6 Å². The van der Waals surface area contributed by atoms with Crippen LogP contribution in [0.1, 0.15) is 163 Å². The zero-order valence-electron chi connectivity index (χ0n) is 48.0. The molecule has 454 valence electrons. The quantitative estimate of drug-likeness (QED) is 0.0417. The summed E-state index contributed by atoms with van der Waals surface area (Å²) in [5.74, 6) is -3.75. The molecule has 0 unspecified atom stereocenters. The number of nitrogens with two attached hydrogens (primary N) is 2. The maximum Gasteiger partial charge on any atom is 0.326 e. The number of carboxylic acid groups (broad SMARTS) is 1. The third kappa shape index (κ3) is 42.6. The zero-order chi connectivity index (χ0) is 58.2. The highest BCUT2D eigenvalue weighted by Crippen LogP contribution is 2.14. The fourth-order valence-corrected chi connectivity index (χ4v) is 7.92. The molecule has 0 radical (unpaired) electrons. The highest BCUT2D eigenvalue weighted by molar-refractivity contribution is 5.91. The molecule has 1 aromatic carbocycles. The summed E-state index contributed by atoms with van der Waals surface area (Å²) in [6, 6.07) is 6.63. The number of unbranched alkanes of at least 4 members (excludes halogenated alkanes) is 15. The Bertz CT molecular complexity index is 1830. The van der Waals surface area contributed by atoms with E-state index in [4.69, 9.17) is 35.2 Å². The van der Waals surface area contributed by atoms with Gasteiger partial charge >= 0.3 is 5.97 Å². The Morgan fingerprint density at radius 1 is 0.544 bits per heavy atom. The van der Waals surface area contributed by atoms with Crippen LogP contribution in [0.4, 0.5) is 0 Å². The normalized spacial score (nSPS) is 12.6. The molecule has 0 saturated heterocycles. The molecule has 0 aliphatic heterocycles. The molecule has 1 rings (SSSR count). The highest BCUT2D eigenvalue weighted by atomic mass is 16.5. The lowest BCUT2D eigenvalue weighted by atomic mass is 9.99. The molecule has 0 saturated carbocycles. The summed E-state index contributed by atoms with van der Waals surface area (Å²) < 4.78 is 27.2. The number of ketones is 2. The largest absolute Gasteiger partial charge is 0.480 e. The van der Waals surface area contributed by atoms with Gasteiger partial charge in [0.05, 0.1) is 77.5 Å². The van der Waals surface area contributed by atoms with Crippen molar-refractivity contribution < 1.29 is 68.6 Å². The van der Waals surface area contributed by atoms with Crippen molar-refractivity contribution in [3.05, 3.63) is 35.9 Å². The predicted octanol–water partition coefficient (Wildman–Crippen LogP) is 3.92. The Morgan fingerprint density at radius 3 is 1.58 bits per heavy atom. The van der Waals surface area contributed by atoms with Crippen LogP contribution in [0.3, 0.4) is 0 Å². The molecule has 79 heavy (non-hydrogen) atoms. The lowest BCUT2D eigenvalue weighted by molar-refractivity contribution is -0.142. The van der Waals surface area contributed by atoms with E-state index in [-0.39, 0.29) is 148 Å². The average Bonchev–Trinajstić information content (AvgIpc) is 3.41. The number of rotatable bonds is 55. The predicted molar refractivity (Wildman–Crippen MR) is 304 cm³/mol. The Balaban J connectivity index is 0.0000624. The third-order valence-electron chi connectivity index (χ3n) is 12.8. The van der Waals surface area contributed by atoms with Gasteiger partial charge in [0, 0.05) is 33.9 Å². The van der Waals surface area contributed by atoms with Crippen molar-refractivity contribution in [1.82, 2.24) is 31.9 Å². The molecule has 1 aromatic rings. The van der Waals surface area contributed by atoms with E-state index in [9.17, 15) is 43.5 Å². The van der Waals surface area contributed by atoms with Crippen LogP contribution in [-0.4, -0.2) is 168 Å². The van der Waals surface area contributed by atoms with Crippen LogP contribution < -0.4 is 43.4 Å². The standard InChI is InChI=1S/C57H100N8O14.H2/c1-4-5-6-7-8-9-10-11-12-13-14-15-16-17-21-27-52(69)65-47(56(73)74)28-29-51(68)61-31-33-75-35-38-78-44-54(71)62-32-34-76-36-37-77-43-53(70)60-30-23-22-26-46(64-40-50(67)57(2,3)59)49(66)39-63-48(55(58)72)42-79-41-45-24-19-18-20-25-45;/h18-20,24-25,46-48,63-64H,4-17,21-23,26-44,59H2,1-3H3,(H2,58,72)(H,60,70)(H,61,68)(H,62,71)(H,65,69)(H,73,74);1H/t46-,47-,48-;/m0./s1. The summed E-state index contributed by atoms with van der Waals surface area (Å²) >= 11 is 0. The number of carbonyl (C=O) groups is 8. The molecule has 0 aromatic heterocycles. The number of amides is 5. The summed E-state index contributed by atoms with van der Waals surface area (Å²) in [5, 5.41) is 26.1. The number of primary amides is 1. The fourth-order valence-electron chi connectivity index (χ4n) is 7.92. The Kier molecular flexibility index (Phi) is 43.6. The highest BCUT2D eigenvalue weighted by Gasteiger charge is 2.26. The molecule has 22 heteroatoms. The zero-order valence-corrected chi connectivity index (χ0v) is 48.0. The smallest absolute Gasteiger partial charge is 0.326 e. The van der Waals surface area contributed by atoms with Crippen molar-refractivity contribution in [3.8, 4) is 0 Å². The molecule has 0 spiro atoms. The van der Waals surface area contributed by atoms with Crippen LogP contribution in [0.25, 0.3) is 0 Å². The number of benzene rings is 1. The van der Waals surface area contributed by atoms with Gasteiger partial charge in [0.15, 0.2) is 11.6 Å². The lowest BCUT2D eigenvalue weighted by Crippen LogP contribution is -2.52. The number of Topliss-reactive ketones (excluding diaryl/α,β-unsaturated/α-hetero) is 2. The minimum atomic E-state index is -1.18. The number of nitrogens with one attached hydrogen (secondary N) is 6.